The lowest BCUT2D eigenvalue weighted by Crippen LogP contribution is -2.56. The van der Waals surface area contributed by atoms with E-state index in [1.54, 1.807) is 25.0 Å². The first-order valence-corrected chi connectivity index (χ1v) is 11.6. The van der Waals surface area contributed by atoms with Gasteiger partial charge in [-0.05, 0) is 26.3 Å². The summed E-state index contributed by atoms with van der Waals surface area (Å²) in [6, 6.07) is -1.59. The summed E-state index contributed by atoms with van der Waals surface area (Å²) in [5.41, 5.74) is 3.69. The second kappa shape index (κ2) is 9.60. The molecule has 1 saturated heterocycles. The summed E-state index contributed by atoms with van der Waals surface area (Å²) in [6.07, 6.45) is 2.79. The fraction of sp³-hybridized carbons (Fsp3) is 0.591. The highest BCUT2D eigenvalue weighted by molar-refractivity contribution is 7.13. The predicted molar refractivity (Wildman–Crippen MR) is 123 cm³/mol. The van der Waals surface area contributed by atoms with Crippen molar-refractivity contribution in [2.75, 3.05) is 13.6 Å². The number of amides is 2. The highest BCUT2D eigenvalue weighted by Gasteiger charge is 2.43. The van der Waals surface area contributed by atoms with E-state index in [-0.39, 0.29) is 30.2 Å². The van der Waals surface area contributed by atoms with Gasteiger partial charge in [-0.25, -0.2) is 4.98 Å². The molecule has 2 aromatic heterocycles. The number of hydrogen-bond donors (Lipinski definition) is 3. The van der Waals surface area contributed by atoms with Crippen LogP contribution in [0.4, 0.5) is 0 Å². The molecule has 0 aromatic carbocycles. The molecule has 2 aromatic rings. The first-order chi connectivity index (χ1) is 15.0. The number of aliphatic hydroxyl groups is 1. The topological polar surface area (TPSA) is 120 Å². The van der Waals surface area contributed by atoms with E-state index in [1.807, 2.05) is 34.6 Å². The summed E-state index contributed by atoms with van der Waals surface area (Å²) >= 11 is 1.50. The number of aliphatic hydroxyl groups excluding tert-OH is 1. The van der Waals surface area contributed by atoms with E-state index < -0.39 is 24.2 Å². The van der Waals surface area contributed by atoms with Crippen molar-refractivity contribution >= 4 is 23.2 Å². The number of β-amino-alcohol motifs (C(OH)–C–C–N with tert-alkyl or cyclic N) is 1. The quantitative estimate of drug-likeness (QED) is 0.600. The monoisotopic (exact) mass is 460 g/mol. The molecule has 0 spiro atoms. The van der Waals surface area contributed by atoms with Gasteiger partial charge < -0.3 is 20.6 Å². The van der Waals surface area contributed by atoms with Crippen LogP contribution < -0.4 is 10.6 Å². The van der Waals surface area contributed by atoms with Crippen LogP contribution in [0.1, 0.15) is 51.5 Å². The summed E-state index contributed by atoms with van der Waals surface area (Å²) in [7, 11) is 1.73. The number of thiazole rings is 1. The third kappa shape index (κ3) is 5.13. The number of nitrogens with zero attached hydrogens (tertiary/aromatic N) is 4. The standard InChI is InChI=1S/C22H32N6O3S/c1-12(15-8-25-16(9-24-15)18-13(2)26-11-32-18)27-20(30)17-7-14(29)10-28(17)21(31)19(23-6)22(3,4)5/h8-9,11-12,14,17,19,23,29H,7,10H2,1-6H3,(H,27,30)/t12?,14-,17+,19-/m1/s1. The van der Waals surface area contributed by atoms with E-state index in [0.717, 1.165) is 16.3 Å². The average Bonchev–Trinajstić information content (AvgIpc) is 3.33. The number of aromatic nitrogens is 3. The van der Waals surface area contributed by atoms with Crippen molar-refractivity contribution in [2.45, 2.75) is 65.3 Å². The van der Waals surface area contributed by atoms with Crippen molar-refractivity contribution in [2.24, 2.45) is 5.41 Å². The molecular formula is C22H32N6O3S. The van der Waals surface area contributed by atoms with Crippen LogP contribution in [0.2, 0.25) is 0 Å². The molecule has 1 aliphatic rings. The zero-order chi connectivity index (χ0) is 23.6. The maximum Gasteiger partial charge on any atom is 0.243 e. The Bertz CT molecular complexity index is 955. The fourth-order valence-corrected chi connectivity index (χ4v) is 4.77. The summed E-state index contributed by atoms with van der Waals surface area (Å²) < 4.78 is 0. The molecule has 9 nitrogen and oxygen atoms in total. The first kappa shape index (κ1) is 24.2. The maximum absolute atomic E-state index is 13.2. The lowest BCUT2D eigenvalue weighted by Gasteiger charge is -2.34. The van der Waals surface area contributed by atoms with E-state index in [4.69, 9.17) is 0 Å². The maximum atomic E-state index is 13.2. The summed E-state index contributed by atoms with van der Waals surface area (Å²) in [4.78, 5) is 41.8. The van der Waals surface area contributed by atoms with Crippen molar-refractivity contribution in [3.8, 4) is 10.6 Å². The molecular weight excluding hydrogens is 428 g/mol. The van der Waals surface area contributed by atoms with Gasteiger partial charge in [0.2, 0.25) is 11.8 Å². The lowest BCUT2D eigenvalue weighted by atomic mass is 9.86. The number of likely N-dealkylation sites (tertiary alicyclic amines) is 1. The Morgan fingerprint density at radius 1 is 1.25 bits per heavy atom. The Labute approximate surface area is 192 Å². The molecule has 1 unspecified atom stereocenters. The number of carbonyl (C=O) groups excluding carboxylic acids is 2. The van der Waals surface area contributed by atoms with Gasteiger partial charge in [0, 0.05) is 13.0 Å². The molecule has 3 rings (SSSR count). The molecule has 174 valence electrons. The number of nitrogens with one attached hydrogen (secondary N) is 2. The third-order valence-electron chi connectivity index (χ3n) is 5.72. The number of rotatable bonds is 6. The van der Waals surface area contributed by atoms with Gasteiger partial charge in [-0.2, -0.15) is 0 Å². The summed E-state index contributed by atoms with van der Waals surface area (Å²) in [6.45, 7) is 9.78. The van der Waals surface area contributed by atoms with Crippen LogP contribution in [0.15, 0.2) is 17.9 Å². The highest BCUT2D eigenvalue weighted by Crippen LogP contribution is 2.27. The van der Waals surface area contributed by atoms with Gasteiger partial charge in [0.25, 0.3) is 0 Å². The van der Waals surface area contributed by atoms with Crippen LogP contribution in [0, 0.1) is 12.3 Å². The Morgan fingerprint density at radius 3 is 2.50 bits per heavy atom. The van der Waals surface area contributed by atoms with E-state index in [1.165, 1.54) is 16.2 Å². The van der Waals surface area contributed by atoms with Crippen LogP contribution >= 0.6 is 11.3 Å². The van der Waals surface area contributed by atoms with Crippen molar-refractivity contribution in [1.29, 1.82) is 0 Å². The summed E-state index contributed by atoms with van der Waals surface area (Å²) in [5.74, 6) is -0.497. The van der Waals surface area contributed by atoms with Crippen molar-refractivity contribution in [1.82, 2.24) is 30.5 Å². The minimum absolute atomic E-state index is 0.141. The Hall–Kier alpha value is -2.43. The SMILES string of the molecule is CN[C@H](C(=O)N1C[C@H](O)C[C@H]1C(=O)NC(C)c1cnc(-c2scnc2C)cn1)C(C)(C)C. The molecule has 10 heteroatoms. The predicted octanol–water partition coefficient (Wildman–Crippen LogP) is 1.68. The van der Waals surface area contributed by atoms with Gasteiger partial charge >= 0.3 is 0 Å². The Balaban J connectivity index is 1.70. The number of hydrogen-bond acceptors (Lipinski definition) is 8. The van der Waals surface area contributed by atoms with Gasteiger partial charge in [-0.1, -0.05) is 20.8 Å². The molecule has 0 bridgehead atoms. The largest absolute Gasteiger partial charge is 0.391 e. The molecule has 1 fully saturated rings. The normalized spacial score (nSPS) is 20.8. The molecule has 3 heterocycles. The van der Waals surface area contributed by atoms with Gasteiger partial charge in [0.1, 0.15) is 11.7 Å². The number of aryl methyl sites for hydroxylation is 1. The van der Waals surface area contributed by atoms with E-state index in [9.17, 15) is 14.7 Å². The molecule has 2 amide bonds. The average molecular weight is 461 g/mol. The molecule has 1 aliphatic heterocycles. The molecule has 4 atom stereocenters. The Kier molecular flexibility index (Phi) is 7.26. The zero-order valence-electron chi connectivity index (χ0n) is 19.4. The van der Waals surface area contributed by atoms with Crippen molar-refractivity contribution in [3.63, 3.8) is 0 Å². The second-order valence-electron chi connectivity index (χ2n) is 9.31. The smallest absolute Gasteiger partial charge is 0.243 e. The molecule has 32 heavy (non-hydrogen) atoms. The minimum Gasteiger partial charge on any atom is -0.391 e. The minimum atomic E-state index is -0.732. The van der Waals surface area contributed by atoms with Crippen molar-refractivity contribution in [3.05, 3.63) is 29.3 Å². The molecule has 3 N–H and O–H groups in total. The van der Waals surface area contributed by atoms with Gasteiger partial charge in [-0.15, -0.1) is 11.3 Å². The van der Waals surface area contributed by atoms with Crippen molar-refractivity contribution < 1.29 is 14.7 Å². The van der Waals surface area contributed by atoms with Crippen LogP contribution in [0.5, 0.6) is 0 Å². The zero-order valence-corrected chi connectivity index (χ0v) is 20.2. The molecule has 0 saturated carbocycles. The number of carbonyl (C=O) groups is 2. The van der Waals surface area contributed by atoms with E-state index in [0.29, 0.717) is 5.69 Å². The fourth-order valence-electron chi connectivity index (χ4n) is 4.01. The Morgan fingerprint density at radius 2 is 1.97 bits per heavy atom. The van der Waals surface area contributed by atoms with E-state index >= 15 is 0 Å². The van der Waals surface area contributed by atoms with Gasteiger partial charge in [-0.3, -0.25) is 19.6 Å². The van der Waals surface area contributed by atoms with Crippen LogP contribution in [-0.2, 0) is 9.59 Å². The lowest BCUT2D eigenvalue weighted by molar-refractivity contribution is -0.142. The van der Waals surface area contributed by atoms with Crippen LogP contribution in [0.3, 0.4) is 0 Å². The second-order valence-corrected chi connectivity index (χ2v) is 10.2. The molecule has 0 aliphatic carbocycles. The number of likely N-dealkylation sites (N-methyl/N-ethyl adjacent to an activating group) is 1. The van der Waals surface area contributed by atoms with Gasteiger partial charge in [0.05, 0.1) is 52.4 Å². The highest BCUT2D eigenvalue weighted by atomic mass is 32.1. The molecule has 0 radical (unpaired) electrons. The summed E-state index contributed by atoms with van der Waals surface area (Å²) in [5, 5.41) is 16.2. The van der Waals surface area contributed by atoms with Crippen LogP contribution in [0.25, 0.3) is 10.6 Å². The third-order valence-corrected chi connectivity index (χ3v) is 6.67. The first-order valence-electron chi connectivity index (χ1n) is 10.7. The van der Waals surface area contributed by atoms with Crippen LogP contribution in [-0.4, -0.2) is 68.6 Å². The van der Waals surface area contributed by atoms with Gasteiger partial charge in [0.15, 0.2) is 0 Å². The van der Waals surface area contributed by atoms with E-state index in [2.05, 4.69) is 25.6 Å².